The standard InChI is InChI=1S/C20H25FN4O2S/c1-4-15-13-18(26)23(3)20(22-15)28-14(2)19(27)25-11-9-24(10-12-25)17-8-6-5-7-16(17)21/h5-8,13-14H,4,9-12H2,1-3H3. The van der Waals surface area contributed by atoms with Crippen LogP contribution in [-0.2, 0) is 18.3 Å². The van der Waals surface area contributed by atoms with Crippen molar-refractivity contribution in [2.45, 2.75) is 30.7 Å². The van der Waals surface area contributed by atoms with E-state index in [-0.39, 0.29) is 22.5 Å². The number of carbonyl (C=O) groups excluding carboxylic acids is 1. The first kappa shape index (κ1) is 20.4. The van der Waals surface area contributed by atoms with Gasteiger partial charge in [0, 0.05) is 45.0 Å². The van der Waals surface area contributed by atoms with Gasteiger partial charge in [0.25, 0.3) is 5.56 Å². The Morgan fingerprint density at radius 2 is 1.93 bits per heavy atom. The van der Waals surface area contributed by atoms with Crippen LogP contribution >= 0.6 is 11.8 Å². The Kier molecular flexibility index (Phi) is 6.39. The van der Waals surface area contributed by atoms with Crippen molar-refractivity contribution in [1.29, 1.82) is 0 Å². The Labute approximate surface area is 168 Å². The number of nitrogens with zero attached hydrogens (tertiary/aromatic N) is 4. The first-order valence-corrected chi connectivity index (χ1v) is 10.3. The van der Waals surface area contributed by atoms with E-state index in [0.717, 1.165) is 5.69 Å². The first-order valence-electron chi connectivity index (χ1n) is 9.42. The molecule has 1 aromatic heterocycles. The van der Waals surface area contributed by atoms with Gasteiger partial charge < -0.3 is 9.80 Å². The zero-order valence-corrected chi connectivity index (χ0v) is 17.2. The van der Waals surface area contributed by atoms with Crippen LogP contribution in [0.3, 0.4) is 0 Å². The summed E-state index contributed by atoms with van der Waals surface area (Å²) < 4.78 is 15.4. The number of hydrogen-bond acceptors (Lipinski definition) is 5. The molecule has 2 aromatic rings. The van der Waals surface area contributed by atoms with Crippen LogP contribution in [0.15, 0.2) is 40.3 Å². The van der Waals surface area contributed by atoms with Gasteiger partial charge in [0.1, 0.15) is 5.82 Å². The highest BCUT2D eigenvalue weighted by molar-refractivity contribution is 8.00. The van der Waals surface area contributed by atoms with E-state index in [1.54, 1.807) is 24.1 Å². The molecule has 0 saturated carbocycles. The van der Waals surface area contributed by atoms with Gasteiger partial charge in [-0.2, -0.15) is 0 Å². The molecule has 0 bridgehead atoms. The average Bonchev–Trinajstić information content (AvgIpc) is 2.71. The largest absolute Gasteiger partial charge is 0.366 e. The minimum absolute atomic E-state index is 0.00864. The molecule has 1 aliphatic heterocycles. The lowest BCUT2D eigenvalue weighted by Crippen LogP contribution is -2.51. The molecule has 0 spiro atoms. The molecule has 0 radical (unpaired) electrons. The van der Waals surface area contributed by atoms with Crippen LogP contribution < -0.4 is 10.5 Å². The van der Waals surface area contributed by atoms with E-state index in [1.165, 1.54) is 28.5 Å². The minimum Gasteiger partial charge on any atom is -0.366 e. The number of anilines is 1. The number of thioether (sulfide) groups is 1. The van der Waals surface area contributed by atoms with E-state index in [4.69, 9.17) is 0 Å². The van der Waals surface area contributed by atoms with E-state index in [1.807, 2.05) is 24.8 Å². The van der Waals surface area contributed by atoms with Crippen molar-refractivity contribution in [2.24, 2.45) is 7.05 Å². The smallest absolute Gasteiger partial charge is 0.254 e. The summed E-state index contributed by atoms with van der Waals surface area (Å²) in [6.45, 7) is 6.04. The number of para-hydroxylation sites is 1. The molecule has 1 fully saturated rings. The third kappa shape index (κ3) is 4.38. The zero-order chi connectivity index (χ0) is 20.3. The molecule has 0 N–H and O–H groups in total. The number of piperazine rings is 1. The van der Waals surface area contributed by atoms with Gasteiger partial charge in [-0.1, -0.05) is 30.8 Å². The second-order valence-corrected chi connectivity index (χ2v) is 8.11. The molecule has 1 aliphatic rings. The molecule has 1 aromatic carbocycles. The van der Waals surface area contributed by atoms with E-state index < -0.39 is 0 Å². The fourth-order valence-electron chi connectivity index (χ4n) is 3.19. The molecule has 150 valence electrons. The minimum atomic E-state index is -0.356. The maximum atomic E-state index is 14.0. The molecule has 1 unspecified atom stereocenters. The van der Waals surface area contributed by atoms with Gasteiger partial charge >= 0.3 is 0 Å². The Morgan fingerprint density at radius 3 is 2.57 bits per heavy atom. The van der Waals surface area contributed by atoms with Crippen LogP contribution in [0.25, 0.3) is 0 Å². The molecular formula is C20H25FN4O2S. The SMILES string of the molecule is CCc1cc(=O)n(C)c(SC(C)C(=O)N2CCN(c3ccccc3F)CC2)n1. The van der Waals surface area contributed by atoms with Crippen LogP contribution in [0.2, 0.25) is 0 Å². The fourth-order valence-corrected chi connectivity index (χ4v) is 4.18. The molecule has 8 heteroatoms. The highest BCUT2D eigenvalue weighted by Gasteiger charge is 2.27. The summed E-state index contributed by atoms with van der Waals surface area (Å²) in [5.41, 5.74) is 1.18. The van der Waals surface area contributed by atoms with Crippen LogP contribution in [0.5, 0.6) is 0 Å². The van der Waals surface area contributed by atoms with Crippen molar-refractivity contribution in [3.8, 4) is 0 Å². The third-order valence-corrected chi connectivity index (χ3v) is 6.05. The van der Waals surface area contributed by atoms with Gasteiger partial charge in [0.05, 0.1) is 10.9 Å². The molecule has 3 rings (SSSR count). The van der Waals surface area contributed by atoms with Crippen LogP contribution in [0, 0.1) is 5.82 Å². The highest BCUT2D eigenvalue weighted by atomic mass is 32.2. The monoisotopic (exact) mass is 404 g/mol. The van der Waals surface area contributed by atoms with Gasteiger partial charge in [-0.25, -0.2) is 9.37 Å². The quantitative estimate of drug-likeness (QED) is 0.565. The Bertz CT molecular complexity index is 909. The Hall–Kier alpha value is -2.35. The third-order valence-electron chi connectivity index (χ3n) is 4.92. The van der Waals surface area contributed by atoms with E-state index >= 15 is 0 Å². The number of aromatic nitrogens is 2. The van der Waals surface area contributed by atoms with Gasteiger partial charge in [-0.3, -0.25) is 14.2 Å². The molecule has 0 aliphatic carbocycles. The molecule has 1 saturated heterocycles. The summed E-state index contributed by atoms with van der Waals surface area (Å²) in [5, 5.41) is 0.195. The number of halogens is 1. The second kappa shape index (κ2) is 8.77. The summed E-state index contributed by atoms with van der Waals surface area (Å²) in [5.74, 6) is -0.233. The summed E-state index contributed by atoms with van der Waals surface area (Å²) in [6, 6.07) is 8.23. The topological polar surface area (TPSA) is 58.4 Å². The summed E-state index contributed by atoms with van der Waals surface area (Å²) in [7, 11) is 1.67. The highest BCUT2D eigenvalue weighted by Crippen LogP contribution is 2.24. The van der Waals surface area contributed by atoms with Crippen LogP contribution in [-0.4, -0.2) is 51.8 Å². The van der Waals surface area contributed by atoms with Gasteiger partial charge in [0.2, 0.25) is 5.91 Å². The number of carbonyl (C=O) groups is 1. The fraction of sp³-hybridized carbons (Fsp3) is 0.450. The number of rotatable bonds is 5. The predicted octanol–water partition coefficient (Wildman–Crippen LogP) is 2.31. The van der Waals surface area contributed by atoms with E-state index in [0.29, 0.717) is 43.4 Å². The molecule has 1 atom stereocenters. The molecule has 1 amide bonds. The number of amides is 1. The predicted molar refractivity (Wildman–Crippen MR) is 109 cm³/mol. The van der Waals surface area contributed by atoms with Gasteiger partial charge in [-0.05, 0) is 25.5 Å². The van der Waals surface area contributed by atoms with Crippen molar-refractivity contribution in [3.63, 3.8) is 0 Å². The number of aryl methyl sites for hydroxylation is 1. The maximum Gasteiger partial charge on any atom is 0.254 e. The van der Waals surface area contributed by atoms with Crippen molar-refractivity contribution in [3.05, 3.63) is 52.2 Å². The van der Waals surface area contributed by atoms with Crippen LogP contribution in [0.1, 0.15) is 19.5 Å². The average molecular weight is 405 g/mol. The lowest BCUT2D eigenvalue weighted by molar-refractivity contribution is -0.130. The zero-order valence-electron chi connectivity index (χ0n) is 16.4. The summed E-state index contributed by atoms with van der Waals surface area (Å²) >= 11 is 1.30. The van der Waals surface area contributed by atoms with Crippen molar-refractivity contribution >= 4 is 23.4 Å². The van der Waals surface area contributed by atoms with Crippen molar-refractivity contribution in [1.82, 2.24) is 14.5 Å². The number of hydrogen-bond donors (Lipinski definition) is 0. The normalized spacial score (nSPS) is 15.6. The first-order chi connectivity index (χ1) is 13.4. The van der Waals surface area contributed by atoms with E-state index in [9.17, 15) is 14.0 Å². The lowest BCUT2D eigenvalue weighted by Gasteiger charge is -2.37. The van der Waals surface area contributed by atoms with Crippen LogP contribution in [0.4, 0.5) is 10.1 Å². The van der Waals surface area contributed by atoms with Gasteiger partial charge in [0.15, 0.2) is 5.16 Å². The summed E-state index contributed by atoms with van der Waals surface area (Å²) in [4.78, 5) is 33.2. The van der Waals surface area contributed by atoms with E-state index in [2.05, 4.69) is 4.98 Å². The Morgan fingerprint density at radius 1 is 1.25 bits per heavy atom. The lowest BCUT2D eigenvalue weighted by atomic mass is 10.2. The molecular weight excluding hydrogens is 379 g/mol. The molecule has 6 nitrogen and oxygen atoms in total. The Balaban J connectivity index is 1.63. The van der Waals surface area contributed by atoms with Gasteiger partial charge in [-0.15, -0.1) is 0 Å². The van der Waals surface area contributed by atoms with Crippen molar-refractivity contribution in [2.75, 3.05) is 31.1 Å². The maximum absolute atomic E-state index is 14.0. The second-order valence-electron chi connectivity index (χ2n) is 6.80. The number of benzene rings is 1. The summed E-state index contributed by atoms with van der Waals surface area (Å²) in [6.07, 6.45) is 0.671. The molecule has 28 heavy (non-hydrogen) atoms. The van der Waals surface area contributed by atoms with Crippen molar-refractivity contribution < 1.29 is 9.18 Å². The molecule has 2 heterocycles.